The average Bonchev–Trinajstić information content (AvgIpc) is 3.74. The van der Waals surface area contributed by atoms with Gasteiger partial charge in [0.05, 0.1) is 0 Å². The lowest BCUT2D eigenvalue weighted by molar-refractivity contribution is 0.669. The maximum absolute atomic E-state index is 6.23. The van der Waals surface area contributed by atoms with Gasteiger partial charge in [-0.3, -0.25) is 0 Å². The summed E-state index contributed by atoms with van der Waals surface area (Å²) in [5.41, 5.74) is 9.93. The molecule has 10 rings (SSSR count). The lowest BCUT2D eigenvalue weighted by Gasteiger charge is -2.26. The molecule has 0 aliphatic rings. The molecule has 2 heterocycles. The second-order valence-corrected chi connectivity index (χ2v) is 13.6. The molecule has 0 spiro atoms. The number of furan rings is 1. The highest BCUT2D eigenvalue weighted by atomic mass is 32.1. The monoisotopic (exact) mass is 643 g/mol. The second kappa shape index (κ2) is 11.2. The molecule has 0 amide bonds. The van der Waals surface area contributed by atoms with Gasteiger partial charge in [0.1, 0.15) is 11.2 Å². The molecule has 0 fully saturated rings. The Hall–Kier alpha value is -6.16. The highest BCUT2D eigenvalue weighted by molar-refractivity contribution is 7.26. The fourth-order valence-corrected chi connectivity index (χ4v) is 8.55. The van der Waals surface area contributed by atoms with E-state index in [4.69, 9.17) is 4.42 Å². The molecular weight excluding hydrogens is 615 g/mol. The second-order valence-electron chi connectivity index (χ2n) is 12.5. The molecule has 0 saturated carbocycles. The van der Waals surface area contributed by atoms with Crippen LogP contribution in [0.15, 0.2) is 180 Å². The van der Waals surface area contributed by atoms with Crippen LogP contribution in [0.2, 0.25) is 0 Å². The molecule has 0 radical (unpaired) electrons. The first-order valence-corrected chi connectivity index (χ1v) is 17.4. The standard InChI is InChI=1S/C46H29NOS/c1-2-10-30(11-3-1)36-12-4-5-13-37(36)31-18-22-33(23-19-31)47(35-25-27-44-42(29-35)38-14-6-8-16-43(38)48-44)34-24-20-32-21-26-40-39-15-7-9-17-45(39)49-46(40)41(32)28-34/h1-29H. The van der Waals surface area contributed by atoms with Crippen molar-refractivity contribution in [3.63, 3.8) is 0 Å². The summed E-state index contributed by atoms with van der Waals surface area (Å²) in [4.78, 5) is 2.37. The molecule has 0 N–H and O–H groups in total. The number of rotatable bonds is 5. The van der Waals surface area contributed by atoms with Gasteiger partial charge < -0.3 is 9.32 Å². The van der Waals surface area contributed by atoms with E-state index < -0.39 is 0 Å². The quantitative estimate of drug-likeness (QED) is 0.186. The molecule has 8 aromatic carbocycles. The molecule has 0 aliphatic carbocycles. The molecule has 230 valence electrons. The molecule has 2 aromatic heterocycles. The minimum Gasteiger partial charge on any atom is -0.456 e. The van der Waals surface area contributed by atoms with Crippen molar-refractivity contribution in [2.75, 3.05) is 4.90 Å². The van der Waals surface area contributed by atoms with Crippen LogP contribution in [-0.2, 0) is 0 Å². The fraction of sp³-hybridized carbons (Fsp3) is 0. The first-order valence-electron chi connectivity index (χ1n) is 16.6. The van der Waals surface area contributed by atoms with Gasteiger partial charge in [0, 0.05) is 53.4 Å². The molecule has 3 heteroatoms. The van der Waals surface area contributed by atoms with Gasteiger partial charge in [-0.05, 0) is 82.2 Å². The lowest BCUT2D eigenvalue weighted by Crippen LogP contribution is -2.09. The zero-order valence-corrected chi connectivity index (χ0v) is 27.3. The predicted octanol–water partition coefficient (Wildman–Crippen LogP) is 13.9. The van der Waals surface area contributed by atoms with Crippen LogP contribution in [0.1, 0.15) is 0 Å². The zero-order chi connectivity index (χ0) is 32.3. The van der Waals surface area contributed by atoms with Gasteiger partial charge in [0.15, 0.2) is 0 Å². The van der Waals surface area contributed by atoms with E-state index in [1.54, 1.807) is 0 Å². The summed E-state index contributed by atoms with van der Waals surface area (Å²) >= 11 is 1.88. The molecule has 2 nitrogen and oxygen atoms in total. The molecule has 0 saturated heterocycles. The van der Waals surface area contributed by atoms with Crippen LogP contribution < -0.4 is 4.90 Å². The Bertz CT molecular complexity index is 2830. The van der Waals surface area contributed by atoms with Gasteiger partial charge in [0.25, 0.3) is 0 Å². The van der Waals surface area contributed by atoms with E-state index in [-0.39, 0.29) is 0 Å². The van der Waals surface area contributed by atoms with Crippen LogP contribution in [0, 0.1) is 0 Å². The largest absolute Gasteiger partial charge is 0.456 e. The van der Waals surface area contributed by atoms with E-state index in [9.17, 15) is 0 Å². The van der Waals surface area contributed by atoms with Crippen LogP contribution in [0.5, 0.6) is 0 Å². The first-order chi connectivity index (χ1) is 24.3. The van der Waals surface area contributed by atoms with Crippen LogP contribution in [-0.4, -0.2) is 0 Å². The minimum absolute atomic E-state index is 0.892. The van der Waals surface area contributed by atoms with Crippen molar-refractivity contribution < 1.29 is 4.42 Å². The third kappa shape index (κ3) is 4.62. The zero-order valence-electron chi connectivity index (χ0n) is 26.5. The van der Waals surface area contributed by atoms with Crippen molar-refractivity contribution in [1.29, 1.82) is 0 Å². The summed E-state index contributed by atoms with van der Waals surface area (Å²) in [5.74, 6) is 0. The molecule has 10 aromatic rings. The Morgan fingerprint density at radius 2 is 0.980 bits per heavy atom. The Labute approximate surface area is 287 Å². The molecule has 49 heavy (non-hydrogen) atoms. The number of fused-ring (bicyclic) bond motifs is 8. The fourth-order valence-electron chi connectivity index (χ4n) is 7.32. The van der Waals surface area contributed by atoms with Crippen molar-refractivity contribution in [3.8, 4) is 22.3 Å². The number of thiophene rings is 1. The van der Waals surface area contributed by atoms with E-state index in [2.05, 4.69) is 169 Å². The van der Waals surface area contributed by atoms with Gasteiger partial charge in [-0.15, -0.1) is 11.3 Å². The van der Waals surface area contributed by atoms with Gasteiger partial charge >= 0.3 is 0 Å². The SMILES string of the molecule is c1ccc(-c2ccccc2-c2ccc(N(c3ccc4oc5ccccc5c4c3)c3ccc4ccc5c6ccccc6sc5c4c3)cc2)cc1. The number of nitrogens with zero attached hydrogens (tertiary/aromatic N) is 1. The number of hydrogen-bond acceptors (Lipinski definition) is 3. The van der Waals surface area contributed by atoms with Crippen molar-refractivity contribution in [1.82, 2.24) is 0 Å². The summed E-state index contributed by atoms with van der Waals surface area (Å²) in [5, 5.41) is 7.37. The van der Waals surface area contributed by atoms with Crippen molar-refractivity contribution in [2.24, 2.45) is 0 Å². The third-order valence-corrected chi connectivity index (χ3v) is 10.9. The summed E-state index contributed by atoms with van der Waals surface area (Å²) in [6.45, 7) is 0. The lowest BCUT2D eigenvalue weighted by atomic mass is 9.94. The highest BCUT2D eigenvalue weighted by Gasteiger charge is 2.18. The topological polar surface area (TPSA) is 16.4 Å². The number of para-hydroxylation sites is 1. The highest BCUT2D eigenvalue weighted by Crippen LogP contribution is 2.44. The number of hydrogen-bond donors (Lipinski definition) is 0. The Morgan fingerprint density at radius 1 is 0.388 bits per heavy atom. The average molecular weight is 644 g/mol. The first kappa shape index (κ1) is 27.9. The minimum atomic E-state index is 0.892. The number of anilines is 3. The molecule has 0 bridgehead atoms. The summed E-state index contributed by atoms with van der Waals surface area (Å²) in [6.07, 6.45) is 0. The van der Waals surface area contributed by atoms with E-state index in [0.29, 0.717) is 0 Å². The maximum atomic E-state index is 6.23. The summed E-state index contributed by atoms with van der Waals surface area (Å²) in [6, 6.07) is 63.2. The number of benzene rings is 8. The Balaban J connectivity index is 1.16. The summed E-state index contributed by atoms with van der Waals surface area (Å²) in [7, 11) is 0. The van der Waals surface area contributed by atoms with E-state index in [1.807, 2.05) is 23.5 Å². The van der Waals surface area contributed by atoms with Crippen molar-refractivity contribution in [3.05, 3.63) is 176 Å². The van der Waals surface area contributed by atoms with E-state index in [1.165, 1.54) is 53.2 Å². The predicted molar refractivity (Wildman–Crippen MR) is 210 cm³/mol. The van der Waals surface area contributed by atoms with Crippen molar-refractivity contribution >= 4 is 81.3 Å². The Kier molecular flexibility index (Phi) is 6.39. The Morgan fingerprint density at radius 3 is 1.80 bits per heavy atom. The van der Waals surface area contributed by atoms with Crippen molar-refractivity contribution in [2.45, 2.75) is 0 Å². The van der Waals surface area contributed by atoms with Crippen LogP contribution in [0.3, 0.4) is 0 Å². The van der Waals surface area contributed by atoms with Crippen LogP contribution >= 0.6 is 11.3 Å². The molecule has 0 aliphatic heterocycles. The molecule has 0 unspecified atom stereocenters. The van der Waals surface area contributed by atoms with Gasteiger partial charge in [-0.2, -0.15) is 0 Å². The molecule has 0 atom stereocenters. The molecular formula is C46H29NOS. The van der Waals surface area contributed by atoms with E-state index >= 15 is 0 Å². The summed E-state index contributed by atoms with van der Waals surface area (Å²) < 4.78 is 8.87. The van der Waals surface area contributed by atoms with Crippen LogP contribution in [0.4, 0.5) is 17.1 Å². The smallest absolute Gasteiger partial charge is 0.135 e. The van der Waals surface area contributed by atoms with Gasteiger partial charge in [-0.25, -0.2) is 0 Å². The van der Waals surface area contributed by atoms with Gasteiger partial charge in [0.2, 0.25) is 0 Å². The van der Waals surface area contributed by atoms with Gasteiger partial charge in [-0.1, -0.05) is 121 Å². The van der Waals surface area contributed by atoms with Crippen LogP contribution in [0.25, 0.3) is 75.1 Å². The van der Waals surface area contributed by atoms with E-state index in [0.717, 1.165) is 39.0 Å². The normalized spacial score (nSPS) is 11.7. The third-order valence-electron chi connectivity index (χ3n) is 9.67. The maximum Gasteiger partial charge on any atom is 0.135 e.